The lowest BCUT2D eigenvalue weighted by molar-refractivity contribution is 0.170. The van der Waals surface area contributed by atoms with E-state index in [0.717, 1.165) is 42.1 Å². The minimum absolute atomic E-state index is 0.0413. The Bertz CT molecular complexity index is 720. The second-order valence-corrected chi connectivity index (χ2v) is 6.61. The molecule has 0 spiro atoms. The number of nitrogens with one attached hydrogen (secondary N) is 1. The number of rotatable bonds is 3. The third-order valence-corrected chi connectivity index (χ3v) is 5.00. The number of likely N-dealkylation sites (tertiary alicyclic amines) is 1. The van der Waals surface area contributed by atoms with E-state index in [1.807, 2.05) is 28.5 Å². The number of fused-ring (bicyclic) bond motifs is 1. The van der Waals surface area contributed by atoms with Crippen molar-refractivity contribution in [2.24, 2.45) is 0 Å². The number of hydrogen-bond donors (Lipinski definition) is 1. The van der Waals surface area contributed by atoms with Crippen LogP contribution >= 0.6 is 11.3 Å². The molecule has 1 aromatic carbocycles. The van der Waals surface area contributed by atoms with Gasteiger partial charge in [-0.1, -0.05) is 6.07 Å². The number of ether oxygens (including phenoxy) is 2. The summed E-state index contributed by atoms with van der Waals surface area (Å²) < 4.78 is 11.2. The molecular formula is C17H19N3O3S. The van der Waals surface area contributed by atoms with Gasteiger partial charge in [0.2, 0.25) is 0 Å². The summed E-state index contributed by atoms with van der Waals surface area (Å²) in [7, 11) is 0. The molecule has 1 unspecified atom stereocenters. The number of urea groups is 1. The van der Waals surface area contributed by atoms with Crippen LogP contribution in [-0.4, -0.2) is 35.7 Å². The molecule has 1 saturated heterocycles. The Labute approximate surface area is 144 Å². The van der Waals surface area contributed by atoms with Crippen LogP contribution in [0.25, 0.3) is 0 Å². The van der Waals surface area contributed by atoms with Crippen LogP contribution in [-0.2, 0) is 6.54 Å². The monoisotopic (exact) mass is 345 g/mol. The highest BCUT2D eigenvalue weighted by Crippen LogP contribution is 2.38. The smallest absolute Gasteiger partial charge is 0.318 e. The van der Waals surface area contributed by atoms with E-state index in [2.05, 4.69) is 10.3 Å². The first-order valence-electron chi connectivity index (χ1n) is 8.12. The molecule has 1 fully saturated rings. The summed E-state index contributed by atoms with van der Waals surface area (Å²) in [5.74, 6) is 1.55. The summed E-state index contributed by atoms with van der Waals surface area (Å²) in [5, 5.41) is 4.91. The topological polar surface area (TPSA) is 63.7 Å². The summed E-state index contributed by atoms with van der Waals surface area (Å²) in [4.78, 5) is 18.6. The van der Waals surface area contributed by atoms with E-state index < -0.39 is 0 Å². The Hall–Kier alpha value is -2.28. The van der Waals surface area contributed by atoms with Gasteiger partial charge >= 0.3 is 6.03 Å². The van der Waals surface area contributed by atoms with Crippen LogP contribution in [0.4, 0.5) is 4.79 Å². The average molecular weight is 345 g/mol. The molecule has 2 aromatic rings. The number of hydrogen-bond acceptors (Lipinski definition) is 5. The van der Waals surface area contributed by atoms with Gasteiger partial charge in [-0.15, -0.1) is 11.3 Å². The molecule has 4 rings (SSSR count). The second-order valence-electron chi connectivity index (χ2n) is 5.89. The molecule has 2 amide bonds. The van der Waals surface area contributed by atoms with E-state index in [0.29, 0.717) is 19.8 Å². The number of carbonyl (C=O) groups is 1. The van der Waals surface area contributed by atoms with Crippen LogP contribution in [0.1, 0.15) is 30.1 Å². The Morgan fingerprint density at radius 2 is 2.21 bits per heavy atom. The summed E-state index contributed by atoms with van der Waals surface area (Å²) >= 11 is 1.53. The number of aromatic nitrogens is 1. The number of thiazole rings is 1. The van der Waals surface area contributed by atoms with Crippen LogP contribution < -0.4 is 14.8 Å². The third-order valence-electron chi connectivity index (χ3n) is 4.37. The number of amides is 2. The van der Waals surface area contributed by atoms with Crippen molar-refractivity contribution in [2.45, 2.75) is 25.4 Å². The lowest BCUT2D eigenvalue weighted by Crippen LogP contribution is -2.39. The minimum atomic E-state index is -0.0413. The fraction of sp³-hybridized carbons (Fsp3) is 0.412. The Morgan fingerprint density at radius 1 is 1.33 bits per heavy atom. The quantitative estimate of drug-likeness (QED) is 0.929. The van der Waals surface area contributed by atoms with E-state index in [1.54, 1.807) is 5.51 Å². The van der Waals surface area contributed by atoms with E-state index in [1.165, 1.54) is 11.3 Å². The van der Waals surface area contributed by atoms with Crippen molar-refractivity contribution < 1.29 is 14.3 Å². The fourth-order valence-corrected chi connectivity index (χ4v) is 3.77. The van der Waals surface area contributed by atoms with E-state index in [-0.39, 0.29) is 12.1 Å². The van der Waals surface area contributed by atoms with Crippen LogP contribution in [0.15, 0.2) is 29.1 Å². The van der Waals surface area contributed by atoms with Gasteiger partial charge in [0.25, 0.3) is 0 Å². The molecule has 0 bridgehead atoms. The summed E-state index contributed by atoms with van der Waals surface area (Å²) in [6, 6.07) is 6.01. The maximum atomic E-state index is 12.5. The average Bonchev–Trinajstić information content (AvgIpc) is 3.31. The van der Waals surface area contributed by atoms with Crippen LogP contribution in [0.2, 0.25) is 0 Å². The molecule has 1 N–H and O–H groups in total. The van der Waals surface area contributed by atoms with Crippen LogP contribution in [0.5, 0.6) is 11.5 Å². The van der Waals surface area contributed by atoms with Gasteiger partial charge in [-0.3, -0.25) is 0 Å². The molecule has 0 radical (unpaired) electrons. The molecule has 0 aliphatic carbocycles. The zero-order valence-electron chi connectivity index (χ0n) is 13.2. The van der Waals surface area contributed by atoms with Gasteiger partial charge in [-0.2, -0.15) is 0 Å². The van der Waals surface area contributed by atoms with Crippen LogP contribution in [0, 0.1) is 0 Å². The third kappa shape index (κ3) is 3.03. The van der Waals surface area contributed by atoms with E-state index >= 15 is 0 Å². The zero-order chi connectivity index (χ0) is 16.4. The minimum Gasteiger partial charge on any atom is -0.486 e. The molecule has 7 heteroatoms. The van der Waals surface area contributed by atoms with Crippen molar-refractivity contribution in [3.05, 3.63) is 40.3 Å². The highest BCUT2D eigenvalue weighted by Gasteiger charge is 2.30. The largest absolute Gasteiger partial charge is 0.486 e. The van der Waals surface area contributed by atoms with E-state index in [9.17, 15) is 4.79 Å². The van der Waals surface area contributed by atoms with Gasteiger partial charge in [-0.25, -0.2) is 9.78 Å². The molecule has 2 aliphatic rings. The van der Waals surface area contributed by atoms with Crippen molar-refractivity contribution in [3.63, 3.8) is 0 Å². The Morgan fingerprint density at radius 3 is 3.04 bits per heavy atom. The fourth-order valence-electron chi connectivity index (χ4n) is 3.22. The molecule has 2 aliphatic heterocycles. The van der Waals surface area contributed by atoms with Crippen molar-refractivity contribution in [2.75, 3.05) is 19.8 Å². The number of benzene rings is 1. The van der Waals surface area contributed by atoms with E-state index in [4.69, 9.17) is 9.47 Å². The predicted molar refractivity (Wildman–Crippen MR) is 90.5 cm³/mol. The normalized spacial score (nSPS) is 19.3. The summed E-state index contributed by atoms with van der Waals surface area (Å²) in [6.07, 6.45) is 1.97. The first kappa shape index (κ1) is 15.3. The highest BCUT2D eigenvalue weighted by molar-refractivity contribution is 7.07. The summed E-state index contributed by atoms with van der Waals surface area (Å²) in [6.45, 7) is 2.38. The molecule has 3 heterocycles. The van der Waals surface area contributed by atoms with Gasteiger partial charge < -0.3 is 19.7 Å². The van der Waals surface area contributed by atoms with Gasteiger partial charge in [0, 0.05) is 11.9 Å². The lowest BCUT2D eigenvalue weighted by Gasteiger charge is -2.26. The maximum Gasteiger partial charge on any atom is 0.318 e. The van der Waals surface area contributed by atoms with Gasteiger partial charge in [0.05, 0.1) is 23.8 Å². The molecule has 1 aromatic heterocycles. The molecule has 126 valence electrons. The van der Waals surface area contributed by atoms with Gasteiger partial charge in [0.1, 0.15) is 13.2 Å². The van der Waals surface area contributed by atoms with Crippen molar-refractivity contribution >= 4 is 17.4 Å². The van der Waals surface area contributed by atoms with Crippen molar-refractivity contribution in [1.29, 1.82) is 0 Å². The lowest BCUT2D eigenvalue weighted by atomic mass is 10.0. The summed E-state index contributed by atoms with van der Waals surface area (Å²) in [5.41, 5.74) is 3.76. The molecule has 1 atom stereocenters. The van der Waals surface area contributed by atoms with Crippen molar-refractivity contribution in [3.8, 4) is 11.5 Å². The van der Waals surface area contributed by atoms with Gasteiger partial charge in [0.15, 0.2) is 11.5 Å². The molecule has 0 saturated carbocycles. The zero-order valence-corrected chi connectivity index (χ0v) is 14.1. The Balaban J connectivity index is 1.47. The molecule has 24 heavy (non-hydrogen) atoms. The Kier molecular flexibility index (Phi) is 4.25. The number of carbonyl (C=O) groups excluding carboxylic acids is 1. The SMILES string of the molecule is O=C(NCc1cscn1)N1CCCC1c1ccc2c(c1)OCCO2. The van der Waals surface area contributed by atoms with Crippen molar-refractivity contribution in [1.82, 2.24) is 15.2 Å². The maximum absolute atomic E-state index is 12.5. The first-order valence-corrected chi connectivity index (χ1v) is 9.06. The second kappa shape index (κ2) is 6.68. The number of nitrogens with zero attached hydrogens (tertiary/aromatic N) is 2. The molecule has 6 nitrogen and oxygen atoms in total. The first-order chi connectivity index (χ1) is 11.8. The standard InChI is InChI=1S/C17H19N3O3S/c21-17(18-9-13-10-24-11-19-13)20-5-1-2-14(20)12-3-4-15-16(8-12)23-7-6-22-15/h3-4,8,10-11,14H,1-2,5-7,9H2,(H,18,21). The highest BCUT2D eigenvalue weighted by atomic mass is 32.1. The van der Waals surface area contributed by atoms with Gasteiger partial charge in [-0.05, 0) is 30.5 Å². The predicted octanol–water partition coefficient (Wildman–Crippen LogP) is 2.96. The molecular weight excluding hydrogens is 326 g/mol. The van der Waals surface area contributed by atoms with Crippen LogP contribution in [0.3, 0.4) is 0 Å².